The van der Waals surface area contributed by atoms with E-state index in [-0.39, 0.29) is 68.5 Å². The van der Waals surface area contributed by atoms with Crippen molar-refractivity contribution < 1.29 is 68.8 Å². The molecule has 3 fully saturated rings. The van der Waals surface area contributed by atoms with Gasteiger partial charge in [0.05, 0.1) is 36.3 Å². The Morgan fingerprint density at radius 2 is 1.65 bits per heavy atom. The molecule has 0 amide bonds. The summed E-state index contributed by atoms with van der Waals surface area (Å²) in [5.74, 6) is -6.69. The Morgan fingerprint density at radius 1 is 0.985 bits per heavy atom. The molecule has 8 N–H and O–H groups in total. The van der Waals surface area contributed by atoms with Gasteiger partial charge in [-0.05, 0) is 102 Å². The van der Waals surface area contributed by atoms with Gasteiger partial charge in [-0.15, -0.1) is 0 Å². The number of hydrogen-bond donors (Lipinski definition) is 8. The van der Waals surface area contributed by atoms with E-state index in [2.05, 4.69) is 5.32 Å². The minimum Gasteiger partial charge on any atom is -0.459 e. The minimum atomic E-state index is -1.90. The van der Waals surface area contributed by atoms with Crippen molar-refractivity contribution in [3.05, 3.63) is 23.6 Å². The lowest BCUT2D eigenvalue weighted by Gasteiger charge is -2.59. The highest BCUT2D eigenvalue weighted by atomic mass is 19.1. The van der Waals surface area contributed by atoms with E-state index in [1.807, 2.05) is 25.7 Å². The fourth-order valence-electron chi connectivity index (χ4n) is 13.4. The lowest BCUT2D eigenvalue weighted by atomic mass is 9.46. The Bertz CT molecular complexity index is 1820. The number of hydrogen-bond acceptors (Lipinski definition) is 15. The predicted octanol–water partition coefficient (Wildman–Crippen LogP) is 2.93. The van der Waals surface area contributed by atoms with Crippen LogP contribution in [0.1, 0.15) is 121 Å². The number of Topliss-reactive ketones (excluding diaryl/α,β-unsaturated/α-hetero) is 1. The number of aliphatic hydroxyl groups is 7. The van der Waals surface area contributed by atoms with Gasteiger partial charge in [0.15, 0.2) is 11.4 Å². The summed E-state index contributed by atoms with van der Waals surface area (Å²) in [7, 11) is 0. The van der Waals surface area contributed by atoms with Crippen molar-refractivity contribution in [2.24, 2.45) is 52.3 Å². The number of fused-ring (bicyclic) bond motifs is 5. The van der Waals surface area contributed by atoms with Gasteiger partial charge in [-0.3, -0.25) is 24.1 Å². The van der Waals surface area contributed by atoms with Crippen molar-refractivity contribution in [1.29, 1.82) is 0 Å². The molecule has 0 aromatic carbocycles. The Kier molecular flexibility index (Phi) is 16.5. The van der Waals surface area contributed by atoms with Crippen molar-refractivity contribution in [3.8, 4) is 0 Å². The second-order valence-corrected chi connectivity index (χ2v) is 21.6. The summed E-state index contributed by atoms with van der Waals surface area (Å²) in [5.41, 5.74) is -6.93. The normalized spacial score (nSPS) is 45.5. The number of halogens is 1. The number of ketones is 2. The lowest BCUT2D eigenvalue weighted by molar-refractivity contribution is -0.204. The van der Waals surface area contributed by atoms with Gasteiger partial charge >= 0.3 is 11.9 Å². The summed E-state index contributed by atoms with van der Waals surface area (Å²) in [6, 6.07) is -0.682. The molecule has 0 spiro atoms. The second kappa shape index (κ2) is 20.1. The molecule has 65 heavy (non-hydrogen) atoms. The molecular weight excluding hydrogens is 844 g/mol. The van der Waals surface area contributed by atoms with Gasteiger partial charge in [-0.2, -0.15) is 0 Å². The molecule has 0 bridgehead atoms. The van der Waals surface area contributed by atoms with Gasteiger partial charge in [-0.25, -0.2) is 4.39 Å². The Balaban J connectivity index is 1.26. The van der Waals surface area contributed by atoms with E-state index in [1.54, 1.807) is 33.8 Å². The van der Waals surface area contributed by atoms with Gasteiger partial charge in [0, 0.05) is 60.6 Å². The van der Waals surface area contributed by atoms with E-state index >= 15 is 4.39 Å². The number of nitrogens with one attached hydrogen (secondary N) is 1. The number of nitrogens with zero attached hydrogens (tertiary/aromatic N) is 1. The number of esters is 2. The predicted molar refractivity (Wildman–Crippen MR) is 238 cm³/mol. The number of ether oxygens (including phenoxy) is 2. The van der Waals surface area contributed by atoms with Crippen LogP contribution in [-0.2, 0) is 28.7 Å². The maximum Gasteiger partial charge on any atom is 0.311 e. The molecular formula is C49H79FN2O13. The first-order valence-electron chi connectivity index (χ1n) is 23.9. The lowest BCUT2D eigenvalue weighted by Crippen LogP contribution is -2.64. The highest BCUT2D eigenvalue weighted by Crippen LogP contribution is 2.69. The minimum absolute atomic E-state index is 0.00233. The zero-order valence-corrected chi connectivity index (χ0v) is 40.3. The molecule has 4 aliphatic carbocycles. The van der Waals surface area contributed by atoms with Crippen LogP contribution in [-0.4, -0.2) is 150 Å². The average molecular weight is 923 g/mol. The van der Waals surface area contributed by atoms with Crippen LogP contribution < -0.4 is 5.32 Å². The zero-order valence-electron chi connectivity index (χ0n) is 40.3. The van der Waals surface area contributed by atoms with Gasteiger partial charge in [-0.1, -0.05) is 47.6 Å². The van der Waals surface area contributed by atoms with Crippen LogP contribution >= 0.6 is 0 Å². The van der Waals surface area contributed by atoms with E-state index in [0.29, 0.717) is 38.0 Å². The third-order valence-electron chi connectivity index (χ3n) is 17.0. The van der Waals surface area contributed by atoms with Crippen molar-refractivity contribution in [1.82, 2.24) is 10.2 Å². The standard InChI is InChI=1S/C49H79FN2O13/c1-11-38-48(10,63)43(60)30(6)52(24-26(2)22-47(9,62)42(59)28(4)41(58)29(5)44(61)64-38)18-12-16-51-17-14-39(57)65-49(37(56)25-53)27(3)19-33-32-21-35(50)34-20-31(54)13-15-45(34,7)40(32)36(55)23-46(33,49)8/h13,15,26-30,32-33,36,38,40-43,51,53,55,58-60,62-63H,11-12,14,16-25H2,1-10H3/t26-,27-,28+,29-,30-,32?,33?,36+,38-,40?,41+,42-,43-,45+,46+,47-,48-,49+/m1/s1. The van der Waals surface area contributed by atoms with Crippen molar-refractivity contribution in [3.63, 3.8) is 0 Å². The molecule has 15 nitrogen and oxygen atoms in total. The summed E-state index contributed by atoms with van der Waals surface area (Å²) < 4.78 is 27.9. The molecule has 370 valence electrons. The molecule has 5 rings (SSSR count). The van der Waals surface area contributed by atoms with E-state index in [9.17, 15) is 54.9 Å². The smallest absolute Gasteiger partial charge is 0.311 e. The van der Waals surface area contributed by atoms with Crippen molar-refractivity contribution >= 4 is 23.5 Å². The van der Waals surface area contributed by atoms with Crippen LogP contribution in [0, 0.1) is 52.3 Å². The Labute approximate surface area is 384 Å². The van der Waals surface area contributed by atoms with Gasteiger partial charge in [0.1, 0.15) is 30.2 Å². The highest BCUT2D eigenvalue weighted by Gasteiger charge is 2.73. The zero-order chi connectivity index (χ0) is 48.8. The van der Waals surface area contributed by atoms with E-state index in [4.69, 9.17) is 9.47 Å². The summed E-state index contributed by atoms with van der Waals surface area (Å²) in [5, 5.41) is 82.7. The average Bonchev–Trinajstić information content (AvgIpc) is 3.46. The van der Waals surface area contributed by atoms with Crippen molar-refractivity contribution in [2.75, 3.05) is 32.8 Å². The maximum atomic E-state index is 16.0. The molecule has 1 saturated heterocycles. The van der Waals surface area contributed by atoms with Crippen molar-refractivity contribution in [2.45, 2.75) is 174 Å². The molecule has 2 saturated carbocycles. The molecule has 0 radical (unpaired) electrons. The van der Waals surface area contributed by atoms with Crippen LogP contribution in [0.3, 0.4) is 0 Å². The van der Waals surface area contributed by atoms with Crippen LogP contribution in [0.5, 0.6) is 0 Å². The molecule has 3 unspecified atom stereocenters. The first kappa shape index (κ1) is 53.3. The topological polar surface area (TPSA) is 244 Å². The van der Waals surface area contributed by atoms with Gasteiger partial charge in [0.25, 0.3) is 0 Å². The van der Waals surface area contributed by atoms with Crippen LogP contribution in [0.25, 0.3) is 0 Å². The maximum absolute atomic E-state index is 16.0. The number of aliphatic hydroxyl groups excluding tert-OH is 5. The molecule has 1 heterocycles. The van der Waals surface area contributed by atoms with E-state index < -0.39 is 118 Å². The summed E-state index contributed by atoms with van der Waals surface area (Å²) in [6.07, 6.45) is -2.04. The first-order valence-corrected chi connectivity index (χ1v) is 23.9. The monoisotopic (exact) mass is 923 g/mol. The van der Waals surface area contributed by atoms with Gasteiger partial charge < -0.3 is 50.5 Å². The summed E-state index contributed by atoms with van der Waals surface area (Å²) >= 11 is 0. The number of carbonyl (C=O) groups is 4. The van der Waals surface area contributed by atoms with Gasteiger partial charge in [0.2, 0.25) is 5.78 Å². The third kappa shape index (κ3) is 9.81. The molecule has 1 aliphatic heterocycles. The Hall–Kier alpha value is -2.67. The van der Waals surface area contributed by atoms with Crippen LogP contribution in [0.15, 0.2) is 23.6 Å². The molecule has 5 aliphatic rings. The van der Waals surface area contributed by atoms with Crippen LogP contribution in [0.2, 0.25) is 0 Å². The first-order chi connectivity index (χ1) is 30.2. The molecule has 0 aromatic rings. The fourth-order valence-corrected chi connectivity index (χ4v) is 13.4. The largest absolute Gasteiger partial charge is 0.459 e. The molecule has 0 aromatic heterocycles. The van der Waals surface area contributed by atoms with E-state index in [1.165, 1.54) is 26.8 Å². The number of carbonyl (C=O) groups excluding carboxylic acids is 4. The third-order valence-corrected chi connectivity index (χ3v) is 17.0. The fraction of sp³-hybridized carbons (Fsp3) is 0.837. The Morgan fingerprint density at radius 3 is 2.28 bits per heavy atom. The number of allylic oxidation sites excluding steroid dienone is 4. The SMILES string of the molecule is CC[C@H]1OC(=O)[C@H](C)[C@@H](O)[C@H](C)[C@@H](O)[C@](C)(O)C[C@@H](C)CN(CCCNCCC(=O)O[C@]2(C(=O)CO)[C@H](C)CC3C4CC(F)=C5CC(=O)C=C[C@]5(C)C4[C@@H](O)C[C@@]32C)[C@H](C)[C@@H](O)[C@]1(C)O. The van der Waals surface area contributed by atoms with E-state index in [0.717, 1.165) is 0 Å². The van der Waals surface area contributed by atoms with Crippen LogP contribution in [0.4, 0.5) is 4.39 Å². The summed E-state index contributed by atoms with van der Waals surface area (Å²) in [6.45, 7) is 17.1. The number of cyclic esters (lactones) is 1. The number of rotatable bonds is 11. The highest BCUT2D eigenvalue weighted by molar-refractivity contribution is 5.94. The second-order valence-electron chi connectivity index (χ2n) is 21.6. The molecule has 18 atom stereocenters. The molecule has 16 heteroatoms. The quantitative estimate of drug-likeness (QED) is 0.110. The summed E-state index contributed by atoms with van der Waals surface area (Å²) in [4.78, 5) is 55.2.